The number of halogens is 1. The molecule has 4 amide bonds. The summed E-state index contributed by atoms with van der Waals surface area (Å²) in [5.74, 6) is -0.576. The van der Waals surface area contributed by atoms with Crippen LogP contribution in [-0.4, -0.2) is 130 Å². The van der Waals surface area contributed by atoms with E-state index in [2.05, 4.69) is 76.5 Å². The molecule has 0 radical (unpaired) electrons. The maximum atomic E-state index is 14.3. The van der Waals surface area contributed by atoms with Gasteiger partial charge in [0.25, 0.3) is 5.91 Å². The molecule has 2 aromatic carbocycles. The van der Waals surface area contributed by atoms with E-state index in [4.69, 9.17) is 16.3 Å². The van der Waals surface area contributed by atoms with Crippen molar-refractivity contribution >= 4 is 46.6 Å². The van der Waals surface area contributed by atoms with Crippen LogP contribution in [0.25, 0.3) is 10.4 Å². The van der Waals surface area contributed by atoms with Crippen molar-refractivity contribution in [3.05, 3.63) is 99.4 Å². The molecule has 15 nitrogen and oxygen atoms in total. The third-order valence-corrected chi connectivity index (χ3v) is 17.1. The van der Waals surface area contributed by atoms with Gasteiger partial charge in [0.1, 0.15) is 35.7 Å². The summed E-state index contributed by atoms with van der Waals surface area (Å²) in [5.41, 5.74) is 5.13. The molecule has 2 aromatic heterocycles. The van der Waals surface area contributed by atoms with Gasteiger partial charge in [-0.25, -0.2) is 4.98 Å². The van der Waals surface area contributed by atoms with Gasteiger partial charge in [0, 0.05) is 80.7 Å². The number of β-amino-alcohol motifs (C(OH)–C–C–N with tert-alkyl or cyclic N) is 1. The van der Waals surface area contributed by atoms with Gasteiger partial charge < -0.3 is 35.6 Å². The highest BCUT2D eigenvalue weighted by Crippen LogP contribution is 2.55. The monoisotopic (exact) mass is 1060 g/mol. The SMILES string of the molecule is Cc1ncsc1-c1ccc(C(C)NC(=O)[C@@H]2C[C@@H](O)CN2C(=O)C(NC(=O)CCCCC(CCCc2ccc(C(=O)NC3C(C)(C)C(Oc4ccc(C#N)c(Cl)c4)C3(C)C)nc2)N2CCN(C)CC2)C(C)(C)C)cc1. The van der Waals surface area contributed by atoms with Gasteiger partial charge in [0.2, 0.25) is 17.7 Å². The number of aryl methyl sites for hydroxylation is 2. The number of aliphatic hydroxyl groups is 1. The van der Waals surface area contributed by atoms with Gasteiger partial charge in [-0.2, -0.15) is 5.26 Å². The maximum Gasteiger partial charge on any atom is 0.270 e. The Balaban J connectivity index is 0.879. The summed E-state index contributed by atoms with van der Waals surface area (Å²) in [6, 6.07) is 17.0. The smallest absolute Gasteiger partial charge is 0.270 e. The van der Waals surface area contributed by atoms with E-state index >= 15 is 0 Å². The van der Waals surface area contributed by atoms with E-state index in [1.165, 1.54) is 4.90 Å². The first-order valence-corrected chi connectivity index (χ1v) is 27.9. The average Bonchev–Trinajstić information content (AvgIpc) is 3.99. The van der Waals surface area contributed by atoms with E-state index in [0.717, 1.165) is 85.5 Å². The number of likely N-dealkylation sites (tertiary alicyclic amines) is 1. The Hall–Kier alpha value is -5.44. The summed E-state index contributed by atoms with van der Waals surface area (Å²) in [7, 11) is 2.15. The number of piperazine rings is 1. The van der Waals surface area contributed by atoms with Crippen LogP contribution >= 0.6 is 22.9 Å². The molecular formula is C58H78ClN9O6S. The molecule has 2 saturated heterocycles. The third kappa shape index (κ3) is 13.8. The molecule has 404 valence electrons. The van der Waals surface area contributed by atoms with Crippen molar-refractivity contribution in [2.24, 2.45) is 16.2 Å². The van der Waals surface area contributed by atoms with Gasteiger partial charge in [-0.3, -0.25) is 29.1 Å². The number of thiazole rings is 1. The molecule has 4 N–H and O–H groups in total. The van der Waals surface area contributed by atoms with Crippen molar-refractivity contribution in [1.29, 1.82) is 5.26 Å². The molecule has 0 bridgehead atoms. The van der Waals surface area contributed by atoms with Gasteiger partial charge in [-0.05, 0) is 93.3 Å². The highest BCUT2D eigenvalue weighted by molar-refractivity contribution is 7.13. The molecule has 3 fully saturated rings. The Morgan fingerprint density at radius 1 is 0.947 bits per heavy atom. The number of pyridine rings is 1. The number of unbranched alkanes of at least 4 members (excludes halogenated alkanes) is 1. The minimum absolute atomic E-state index is 0.0131. The van der Waals surface area contributed by atoms with Crippen LogP contribution in [0.4, 0.5) is 0 Å². The van der Waals surface area contributed by atoms with Crippen LogP contribution in [-0.2, 0) is 20.8 Å². The highest BCUT2D eigenvalue weighted by atomic mass is 35.5. The topological polar surface area (TPSA) is 193 Å². The number of likely N-dealkylation sites (N-methyl/N-ethyl adjacent to an activating group) is 1. The first kappa shape index (κ1) is 57.3. The van der Waals surface area contributed by atoms with Gasteiger partial charge in [-0.15, -0.1) is 11.3 Å². The zero-order valence-electron chi connectivity index (χ0n) is 45.5. The summed E-state index contributed by atoms with van der Waals surface area (Å²) in [5, 5.41) is 29.7. The summed E-state index contributed by atoms with van der Waals surface area (Å²) in [6.07, 6.45) is 6.32. The number of hydrogen-bond acceptors (Lipinski definition) is 12. The Labute approximate surface area is 453 Å². The normalized spacial score (nSPS) is 21.8. The zero-order chi connectivity index (χ0) is 54.4. The van der Waals surface area contributed by atoms with Gasteiger partial charge >= 0.3 is 0 Å². The van der Waals surface area contributed by atoms with Crippen LogP contribution in [0.15, 0.2) is 66.3 Å². The van der Waals surface area contributed by atoms with Crippen molar-refractivity contribution in [1.82, 2.24) is 40.6 Å². The third-order valence-electron chi connectivity index (χ3n) is 15.8. The second kappa shape index (κ2) is 24.3. The molecular weight excluding hydrogens is 986 g/mol. The standard InChI is InChI=1S/C58H78ClN9O6S/c1-36(39-19-21-40(22-20-39)49-37(2)62-35-75-49)63-52(72)47-30-43(69)34-68(47)53(73)50(56(3,4)5)64-48(70)17-12-11-15-42(67-28-26-66(10)27-29-67)16-13-14-38-18-25-46(61-33-38)51(71)65-54-57(6,7)55(58(54,8)9)74-44-24-23-41(32-60)45(59)31-44/h18-25,31,33,35-36,42-43,47,50,54-55,69H,11-17,26-30,34H2,1-10H3,(H,63,72)(H,64,70)(H,65,71)/t36?,42?,43-,47+,50?,54?,55?/m1/s1. The van der Waals surface area contributed by atoms with Crippen LogP contribution < -0.4 is 20.7 Å². The lowest BCUT2D eigenvalue weighted by Crippen LogP contribution is -2.74. The van der Waals surface area contributed by atoms with Crippen LogP contribution in [0.5, 0.6) is 5.75 Å². The molecule has 3 aliphatic rings. The molecule has 4 aromatic rings. The first-order chi connectivity index (χ1) is 35.5. The van der Waals surface area contributed by atoms with E-state index in [1.54, 1.807) is 41.8 Å². The van der Waals surface area contributed by atoms with E-state index in [9.17, 15) is 29.5 Å². The predicted molar refractivity (Wildman–Crippen MR) is 294 cm³/mol. The number of amides is 4. The molecule has 0 spiro atoms. The zero-order valence-corrected chi connectivity index (χ0v) is 47.1. The molecule has 5 atom stereocenters. The molecule has 3 unspecified atom stereocenters. The van der Waals surface area contributed by atoms with Crippen molar-refractivity contribution in [3.63, 3.8) is 0 Å². The van der Waals surface area contributed by atoms with E-state index in [-0.39, 0.29) is 61.2 Å². The number of rotatable bonds is 20. The lowest BCUT2D eigenvalue weighted by Gasteiger charge is -2.63. The fourth-order valence-electron chi connectivity index (χ4n) is 11.7. The summed E-state index contributed by atoms with van der Waals surface area (Å²) in [6.45, 7) is 21.9. The first-order valence-electron chi connectivity index (χ1n) is 26.6. The number of ether oxygens (including phenoxy) is 1. The molecule has 1 saturated carbocycles. The number of nitrogens with one attached hydrogen (secondary N) is 3. The van der Waals surface area contributed by atoms with Gasteiger partial charge in [0.15, 0.2) is 0 Å². The lowest BCUT2D eigenvalue weighted by atomic mass is 9.49. The summed E-state index contributed by atoms with van der Waals surface area (Å²) in [4.78, 5) is 71.8. The molecule has 75 heavy (non-hydrogen) atoms. The maximum absolute atomic E-state index is 14.3. The number of nitriles is 1. The summed E-state index contributed by atoms with van der Waals surface area (Å²) < 4.78 is 6.40. The average molecular weight is 1060 g/mol. The van der Waals surface area contributed by atoms with E-state index in [1.807, 2.05) is 70.5 Å². The lowest BCUT2D eigenvalue weighted by molar-refractivity contribution is -0.164. The molecule has 7 rings (SSSR count). The van der Waals surface area contributed by atoms with Gasteiger partial charge in [0.05, 0.1) is 38.8 Å². The molecule has 2 aliphatic heterocycles. The second-order valence-electron chi connectivity index (χ2n) is 23.4. The second-order valence-corrected chi connectivity index (χ2v) is 24.6. The number of benzene rings is 2. The number of carbonyl (C=O) groups excluding carboxylic acids is 4. The van der Waals surface area contributed by atoms with Crippen LogP contribution in [0.3, 0.4) is 0 Å². The van der Waals surface area contributed by atoms with Gasteiger partial charge in [-0.1, -0.05) is 96.8 Å². The highest BCUT2D eigenvalue weighted by Gasteiger charge is 2.64. The van der Waals surface area contributed by atoms with Crippen molar-refractivity contribution in [2.45, 2.75) is 156 Å². The minimum atomic E-state index is -0.889. The number of hydrogen-bond donors (Lipinski definition) is 4. The van der Waals surface area contributed by atoms with Crippen molar-refractivity contribution in [2.75, 3.05) is 39.8 Å². The summed E-state index contributed by atoms with van der Waals surface area (Å²) >= 11 is 7.86. The van der Waals surface area contributed by atoms with Crippen LogP contribution in [0, 0.1) is 34.5 Å². The van der Waals surface area contributed by atoms with E-state index < -0.39 is 34.4 Å². The Bertz CT molecular complexity index is 2660. The van der Waals surface area contributed by atoms with E-state index in [0.29, 0.717) is 34.5 Å². The Morgan fingerprint density at radius 3 is 2.25 bits per heavy atom. The Kier molecular flexibility index (Phi) is 18.5. The molecule has 17 heteroatoms. The largest absolute Gasteiger partial charge is 0.489 e. The number of carbonyl (C=O) groups is 4. The quantitative estimate of drug-likeness (QED) is 0.0621. The van der Waals surface area contributed by atoms with Crippen molar-refractivity contribution in [3.8, 4) is 22.3 Å². The van der Waals surface area contributed by atoms with Crippen molar-refractivity contribution < 1.29 is 29.0 Å². The number of aromatic nitrogens is 2. The molecule has 1 aliphatic carbocycles. The molecule has 4 heterocycles. The Morgan fingerprint density at radius 2 is 1.64 bits per heavy atom. The number of nitrogens with zero attached hydrogens (tertiary/aromatic N) is 6. The fraction of sp³-hybridized carbons (Fsp3) is 0.569. The van der Waals surface area contributed by atoms with Crippen LogP contribution in [0.1, 0.15) is 139 Å². The van der Waals surface area contributed by atoms with Crippen LogP contribution in [0.2, 0.25) is 5.02 Å². The minimum Gasteiger partial charge on any atom is -0.489 e. The predicted octanol–water partition coefficient (Wildman–Crippen LogP) is 8.52. The fourth-order valence-corrected chi connectivity index (χ4v) is 12.7. The number of aliphatic hydroxyl groups excluding tert-OH is 1.